The lowest BCUT2D eigenvalue weighted by Crippen LogP contribution is -2.43. The highest BCUT2D eigenvalue weighted by Gasteiger charge is 2.29. The first-order valence-electron chi connectivity index (χ1n) is 13.8. The number of sulfone groups is 1. The minimum Gasteiger partial charge on any atom is -0.507 e. The Labute approximate surface area is 255 Å². The zero-order valence-corrected chi connectivity index (χ0v) is 25.4. The van der Waals surface area contributed by atoms with Crippen molar-refractivity contribution in [1.29, 1.82) is 0 Å². The molecular weight excluding hydrogens is 592 g/mol. The van der Waals surface area contributed by atoms with Gasteiger partial charge in [-0.25, -0.2) is 13.2 Å². The van der Waals surface area contributed by atoms with Crippen LogP contribution in [-0.2, 0) is 45.2 Å². The molecule has 0 fully saturated rings. The standard InChI is InChI=1S/C32H33ClN2O7S/c1-3-7-25-24-14-15-35(29(37)13-12-21-9-4-5-11-28(21)36)19-22(24)18-26(33)30(25)31(38)34-27(32(39)40)17-20-8-6-10-23(16-20)43(2,41)42/h4-6,8-13,16,18,27,36H,3,7,14-15,17,19H2,1-2H3,(H,34,38)(H,39,40)/b13-12+/t27-/m0/s1. The molecule has 3 aromatic carbocycles. The summed E-state index contributed by atoms with van der Waals surface area (Å²) in [6.45, 7) is 2.66. The second-order valence-electron chi connectivity index (χ2n) is 10.5. The van der Waals surface area contributed by atoms with Gasteiger partial charge in [0.2, 0.25) is 5.91 Å². The third-order valence-corrected chi connectivity index (χ3v) is 8.75. The minimum atomic E-state index is -3.49. The van der Waals surface area contributed by atoms with Crippen molar-refractivity contribution in [2.24, 2.45) is 0 Å². The number of carboxylic acid groups (broad SMARTS) is 1. The van der Waals surface area contributed by atoms with Crippen LogP contribution in [-0.4, -0.2) is 60.2 Å². The van der Waals surface area contributed by atoms with E-state index in [0.29, 0.717) is 36.9 Å². The number of phenols is 1. The van der Waals surface area contributed by atoms with Gasteiger partial charge in [0.1, 0.15) is 11.8 Å². The molecule has 0 aromatic heterocycles. The molecule has 0 aliphatic carbocycles. The number of hydrogen-bond acceptors (Lipinski definition) is 6. The lowest BCUT2D eigenvalue weighted by molar-refractivity contribution is -0.139. The average molecular weight is 625 g/mol. The Hall–Kier alpha value is -4.15. The van der Waals surface area contributed by atoms with Crippen molar-refractivity contribution < 1.29 is 33.0 Å². The van der Waals surface area contributed by atoms with Crippen LogP contribution in [0.15, 0.2) is 65.6 Å². The smallest absolute Gasteiger partial charge is 0.326 e. The first-order chi connectivity index (χ1) is 20.4. The Morgan fingerprint density at radius 3 is 2.53 bits per heavy atom. The van der Waals surface area contributed by atoms with Crippen molar-refractivity contribution in [3.8, 4) is 5.75 Å². The van der Waals surface area contributed by atoms with Crippen LogP contribution in [0.4, 0.5) is 0 Å². The number of hydrogen-bond donors (Lipinski definition) is 3. The van der Waals surface area contributed by atoms with Gasteiger partial charge in [0, 0.05) is 37.4 Å². The Bertz CT molecular complexity index is 1700. The molecule has 9 nitrogen and oxygen atoms in total. The van der Waals surface area contributed by atoms with Crippen molar-refractivity contribution in [3.05, 3.63) is 99.1 Å². The lowest BCUT2D eigenvalue weighted by Gasteiger charge is -2.31. The number of nitrogens with zero attached hydrogens (tertiary/aromatic N) is 1. The van der Waals surface area contributed by atoms with Gasteiger partial charge in [-0.2, -0.15) is 0 Å². The van der Waals surface area contributed by atoms with E-state index in [2.05, 4.69) is 5.32 Å². The summed E-state index contributed by atoms with van der Waals surface area (Å²) < 4.78 is 23.9. The molecule has 0 bridgehead atoms. The monoisotopic (exact) mass is 624 g/mol. The fraction of sp³-hybridized carbons (Fsp3) is 0.281. The summed E-state index contributed by atoms with van der Waals surface area (Å²) in [7, 11) is -3.49. The molecule has 0 unspecified atom stereocenters. The molecule has 1 aliphatic rings. The van der Waals surface area contributed by atoms with Gasteiger partial charge in [-0.3, -0.25) is 9.59 Å². The van der Waals surface area contributed by atoms with Crippen LogP contribution in [0.2, 0.25) is 5.02 Å². The number of carboxylic acids is 1. The van der Waals surface area contributed by atoms with Gasteiger partial charge >= 0.3 is 5.97 Å². The summed E-state index contributed by atoms with van der Waals surface area (Å²) in [6, 6.07) is 13.0. The highest BCUT2D eigenvalue weighted by atomic mass is 35.5. The number of aliphatic carboxylic acids is 1. The minimum absolute atomic E-state index is 0.0599. The molecule has 0 spiro atoms. The Morgan fingerprint density at radius 1 is 1.12 bits per heavy atom. The van der Waals surface area contributed by atoms with E-state index in [9.17, 15) is 33.0 Å². The van der Waals surface area contributed by atoms with Crippen molar-refractivity contribution >= 4 is 45.3 Å². The highest BCUT2D eigenvalue weighted by Crippen LogP contribution is 2.32. The molecule has 0 radical (unpaired) electrons. The topological polar surface area (TPSA) is 141 Å². The van der Waals surface area contributed by atoms with Crippen molar-refractivity contribution in [2.75, 3.05) is 12.8 Å². The third-order valence-electron chi connectivity index (χ3n) is 7.34. The van der Waals surface area contributed by atoms with Crippen LogP contribution in [0.3, 0.4) is 0 Å². The van der Waals surface area contributed by atoms with Gasteiger partial charge in [-0.05, 0) is 65.4 Å². The molecule has 0 saturated carbocycles. The van der Waals surface area contributed by atoms with Crippen LogP contribution in [0.25, 0.3) is 6.08 Å². The number of nitrogens with one attached hydrogen (secondary N) is 1. The van der Waals surface area contributed by atoms with E-state index in [0.717, 1.165) is 22.9 Å². The summed E-state index contributed by atoms with van der Waals surface area (Å²) in [5.74, 6) is -2.06. The average Bonchev–Trinajstić information content (AvgIpc) is 2.95. The molecule has 43 heavy (non-hydrogen) atoms. The third kappa shape index (κ3) is 7.63. The summed E-state index contributed by atoms with van der Waals surface area (Å²) >= 11 is 6.66. The van der Waals surface area contributed by atoms with Gasteiger partial charge in [0.25, 0.3) is 5.91 Å². The maximum Gasteiger partial charge on any atom is 0.326 e. The number of carbonyl (C=O) groups excluding carboxylic acids is 2. The van der Waals surface area contributed by atoms with Gasteiger partial charge < -0.3 is 20.4 Å². The van der Waals surface area contributed by atoms with Crippen molar-refractivity contribution in [3.63, 3.8) is 0 Å². The first kappa shape index (κ1) is 31.8. The lowest BCUT2D eigenvalue weighted by atomic mass is 9.88. The second kappa shape index (κ2) is 13.4. The molecule has 1 heterocycles. The number of benzene rings is 3. The predicted octanol–water partition coefficient (Wildman–Crippen LogP) is 4.43. The van der Waals surface area contributed by atoms with E-state index in [1.807, 2.05) is 6.92 Å². The number of carbonyl (C=O) groups is 3. The van der Waals surface area contributed by atoms with E-state index in [1.165, 1.54) is 24.3 Å². The highest BCUT2D eigenvalue weighted by molar-refractivity contribution is 7.90. The molecule has 3 aromatic rings. The Morgan fingerprint density at radius 2 is 1.86 bits per heavy atom. The number of aromatic hydroxyl groups is 1. The number of rotatable bonds is 10. The van der Waals surface area contributed by atoms with Crippen LogP contribution in [0, 0.1) is 0 Å². The fourth-order valence-electron chi connectivity index (χ4n) is 5.21. The summed E-state index contributed by atoms with van der Waals surface area (Å²) in [6.07, 6.45) is 5.64. The molecule has 2 amide bonds. The largest absolute Gasteiger partial charge is 0.507 e. The van der Waals surface area contributed by atoms with Crippen LogP contribution >= 0.6 is 11.6 Å². The van der Waals surface area contributed by atoms with Gasteiger partial charge in [0.05, 0.1) is 15.5 Å². The molecule has 3 N–H and O–H groups in total. The van der Waals surface area contributed by atoms with E-state index in [4.69, 9.17) is 11.6 Å². The second-order valence-corrected chi connectivity index (χ2v) is 12.9. The number of halogens is 1. The summed E-state index contributed by atoms with van der Waals surface area (Å²) in [4.78, 5) is 40.3. The molecule has 0 saturated heterocycles. The molecule has 4 rings (SSSR count). The molecule has 1 aliphatic heterocycles. The first-order valence-corrected chi connectivity index (χ1v) is 16.1. The maximum atomic E-state index is 13.5. The molecule has 11 heteroatoms. The van der Waals surface area contributed by atoms with Crippen molar-refractivity contribution in [2.45, 2.75) is 50.1 Å². The normalized spacial score (nSPS) is 13.9. The van der Waals surface area contributed by atoms with Crippen LogP contribution in [0.1, 0.15) is 51.5 Å². The van der Waals surface area contributed by atoms with E-state index in [-0.39, 0.29) is 40.1 Å². The van der Waals surface area contributed by atoms with E-state index in [1.54, 1.807) is 47.4 Å². The molecule has 226 valence electrons. The quantitative estimate of drug-likeness (QED) is 0.284. The maximum absolute atomic E-state index is 13.5. The van der Waals surface area contributed by atoms with Crippen LogP contribution < -0.4 is 5.32 Å². The summed E-state index contributed by atoms with van der Waals surface area (Å²) in [5, 5.41) is 22.6. The number of fused-ring (bicyclic) bond motifs is 1. The Balaban J connectivity index is 1.57. The number of phenolic OH excluding ortho intramolecular Hbond substituents is 1. The number of amides is 2. The van der Waals surface area contributed by atoms with E-state index >= 15 is 0 Å². The molecular formula is C32H33ClN2O7S. The zero-order chi connectivity index (χ0) is 31.3. The predicted molar refractivity (Wildman–Crippen MR) is 164 cm³/mol. The Kier molecular flexibility index (Phi) is 9.93. The van der Waals surface area contributed by atoms with Crippen molar-refractivity contribution in [1.82, 2.24) is 10.2 Å². The zero-order valence-electron chi connectivity index (χ0n) is 23.8. The number of para-hydroxylation sites is 1. The van der Waals surface area contributed by atoms with Gasteiger partial charge in [-0.1, -0.05) is 55.3 Å². The van der Waals surface area contributed by atoms with Gasteiger partial charge in [-0.15, -0.1) is 0 Å². The fourth-order valence-corrected chi connectivity index (χ4v) is 6.23. The van der Waals surface area contributed by atoms with E-state index < -0.39 is 27.8 Å². The van der Waals surface area contributed by atoms with Crippen LogP contribution in [0.5, 0.6) is 5.75 Å². The SMILES string of the molecule is CCCc1c2c(cc(Cl)c1C(=O)N[C@@H](Cc1cccc(S(C)(=O)=O)c1)C(=O)O)CN(C(=O)/C=C/c1ccccc1O)CC2. The summed E-state index contributed by atoms with van der Waals surface area (Å²) in [5.41, 5.74) is 3.63. The van der Waals surface area contributed by atoms with Gasteiger partial charge in [0.15, 0.2) is 9.84 Å². The molecule has 1 atom stereocenters.